The van der Waals surface area contributed by atoms with E-state index in [2.05, 4.69) is 16.5 Å². The van der Waals surface area contributed by atoms with Gasteiger partial charge < -0.3 is 19.6 Å². The monoisotopic (exact) mass is 520 g/mol. The van der Waals surface area contributed by atoms with Gasteiger partial charge in [-0.15, -0.1) is 0 Å². The summed E-state index contributed by atoms with van der Waals surface area (Å²) in [6.45, 7) is 4.55. The predicted molar refractivity (Wildman–Crippen MR) is 146 cm³/mol. The lowest BCUT2D eigenvalue weighted by molar-refractivity contribution is -0.123. The smallest absolute Gasteiger partial charge is 0.257 e. The van der Waals surface area contributed by atoms with Crippen LogP contribution >= 0.6 is 11.6 Å². The standard InChI is InChI=1S/C30H33ClN2O4/c1-22-17-25(9-12-29(22)36-21-30(34)32-19-23-13-15-35-16-14-23)18-28(26-5-3-2-4-6-26)33-37-20-24-7-10-27(31)11-8-24/h2-12,17,23H,13-16,18-21H2,1H3,(H,32,34). The lowest BCUT2D eigenvalue weighted by Crippen LogP contribution is -2.35. The number of ether oxygens (including phenoxy) is 2. The maximum absolute atomic E-state index is 12.3. The second-order valence-electron chi connectivity index (χ2n) is 9.23. The molecule has 1 heterocycles. The molecule has 0 bridgehead atoms. The Morgan fingerprint density at radius 3 is 2.49 bits per heavy atom. The van der Waals surface area contributed by atoms with Gasteiger partial charge in [-0.1, -0.05) is 71.4 Å². The second-order valence-corrected chi connectivity index (χ2v) is 9.67. The molecule has 1 saturated heterocycles. The number of rotatable bonds is 11. The summed E-state index contributed by atoms with van der Waals surface area (Å²) in [6.07, 6.45) is 2.57. The molecule has 194 valence electrons. The molecular formula is C30H33ClN2O4. The molecule has 0 aromatic heterocycles. The van der Waals surface area contributed by atoms with Gasteiger partial charge in [-0.3, -0.25) is 4.79 Å². The first-order valence-corrected chi connectivity index (χ1v) is 13.0. The SMILES string of the molecule is Cc1cc(CC(=NOCc2ccc(Cl)cc2)c2ccccc2)ccc1OCC(=O)NCC1CCOCC1. The Morgan fingerprint density at radius 2 is 1.76 bits per heavy atom. The van der Waals surface area contributed by atoms with Crippen molar-refractivity contribution in [1.29, 1.82) is 0 Å². The fourth-order valence-electron chi connectivity index (χ4n) is 4.16. The molecular weight excluding hydrogens is 488 g/mol. The molecule has 1 fully saturated rings. The highest BCUT2D eigenvalue weighted by atomic mass is 35.5. The minimum absolute atomic E-state index is 0.00132. The van der Waals surface area contributed by atoms with Crippen LogP contribution in [-0.4, -0.2) is 38.0 Å². The molecule has 1 N–H and O–H groups in total. The van der Waals surface area contributed by atoms with Gasteiger partial charge in [0, 0.05) is 31.2 Å². The van der Waals surface area contributed by atoms with Crippen molar-refractivity contribution in [1.82, 2.24) is 5.32 Å². The highest BCUT2D eigenvalue weighted by Gasteiger charge is 2.15. The van der Waals surface area contributed by atoms with Crippen LogP contribution in [0, 0.1) is 12.8 Å². The number of hydrogen-bond donors (Lipinski definition) is 1. The topological polar surface area (TPSA) is 69.2 Å². The first-order valence-electron chi connectivity index (χ1n) is 12.6. The Hall–Kier alpha value is -3.35. The van der Waals surface area contributed by atoms with Crippen molar-refractivity contribution in [2.45, 2.75) is 32.8 Å². The second kappa shape index (κ2) is 13.8. The van der Waals surface area contributed by atoms with Gasteiger partial charge in [-0.25, -0.2) is 0 Å². The van der Waals surface area contributed by atoms with Gasteiger partial charge in [0.05, 0.1) is 5.71 Å². The summed E-state index contributed by atoms with van der Waals surface area (Å²) in [4.78, 5) is 18.0. The van der Waals surface area contributed by atoms with E-state index in [1.165, 1.54) is 0 Å². The summed E-state index contributed by atoms with van der Waals surface area (Å²) in [7, 11) is 0. The number of hydrogen-bond acceptors (Lipinski definition) is 5. The number of oxime groups is 1. The fourth-order valence-corrected chi connectivity index (χ4v) is 4.29. The number of nitrogens with zero attached hydrogens (tertiary/aromatic N) is 1. The van der Waals surface area contributed by atoms with E-state index in [4.69, 9.17) is 25.9 Å². The third-order valence-electron chi connectivity index (χ3n) is 6.32. The molecule has 37 heavy (non-hydrogen) atoms. The summed E-state index contributed by atoms with van der Waals surface area (Å²) in [6, 6.07) is 23.5. The average molecular weight is 521 g/mol. The first-order chi connectivity index (χ1) is 18.1. The van der Waals surface area contributed by atoms with E-state index in [0.29, 0.717) is 36.3 Å². The Labute approximate surface area is 223 Å². The average Bonchev–Trinajstić information content (AvgIpc) is 2.93. The van der Waals surface area contributed by atoms with Gasteiger partial charge in [0.2, 0.25) is 0 Å². The Kier molecular flexibility index (Phi) is 9.97. The van der Waals surface area contributed by atoms with Crippen LogP contribution in [0.3, 0.4) is 0 Å². The Morgan fingerprint density at radius 1 is 1.03 bits per heavy atom. The molecule has 1 aliphatic heterocycles. The zero-order valence-electron chi connectivity index (χ0n) is 21.1. The van der Waals surface area contributed by atoms with Crippen molar-refractivity contribution in [3.8, 4) is 5.75 Å². The number of carbonyl (C=O) groups is 1. The molecule has 0 radical (unpaired) electrons. The number of amides is 1. The number of nitrogens with one attached hydrogen (secondary N) is 1. The first kappa shape index (κ1) is 26.7. The molecule has 7 heteroatoms. The van der Waals surface area contributed by atoms with E-state index in [9.17, 15) is 4.79 Å². The van der Waals surface area contributed by atoms with Gasteiger partial charge in [0.25, 0.3) is 5.91 Å². The van der Waals surface area contributed by atoms with E-state index in [0.717, 1.165) is 54.0 Å². The summed E-state index contributed by atoms with van der Waals surface area (Å²) < 4.78 is 11.2. The zero-order valence-corrected chi connectivity index (χ0v) is 21.9. The van der Waals surface area contributed by atoms with Crippen molar-refractivity contribution in [3.63, 3.8) is 0 Å². The Bertz CT molecular complexity index is 1180. The number of aryl methyl sites for hydroxylation is 1. The van der Waals surface area contributed by atoms with E-state index < -0.39 is 0 Å². The van der Waals surface area contributed by atoms with E-state index in [1.54, 1.807) is 0 Å². The molecule has 0 spiro atoms. The molecule has 0 aliphatic carbocycles. The van der Waals surface area contributed by atoms with Crippen molar-refractivity contribution in [3.05, 3.63) is 100 Å². The highest BCUT2D eigenvalue weighted by molar-refractivity contribution is 6.30. The lowest BCUT2D eigenvalue weighted by atomic mass is 10.0. The van der Waals surface area contributed by atoms with E-state index in [-0.39, 0.29) is 12.5 Å². The molecule has 0 unspecified atom stereocenters. The summed E-state index contributed by atoms with van der Waals surface area (Å²) in [5, 5.41) is 8.14. The quantitative estimate of drug-likeness (QED) is 0.259. The predicted octanol–water partition coefficient (Wildman–Crippen LogP) is 5.73. The number of carbonyl (C=O) groups excluding carboxylic acids is 1. The molecule has 1 amide bonds. The van der Waals surface area contributed by atoms with Crippen LogP contribution in [0.2, 0.25) is 5.02 Å². The number of halogens is 1. The van der Waals surface area contributed by atoms with Gasteiger partial charge >= 0.3 is 0 Å². The van der Waals surface area contributed by atoms with Crippen LogP contribution in [0.15, 0.2) is 78.0 Å². The van der Waals surface area contributed by atoms with Crippen molar-refractivity contribution in [2.75, 3.05) is 26.4 Å². The molecule has 4 rings (SSSR count). The van der Waals surface area contributed by atoms with Crippen LogP contribution in [0.1, 0.15) is 35.1 Å². The minimum atomic E-state index is -0.105. The summed E-state index contributed by atoms with van der Waals surface area (Å²) >= 11 is 5.97. The maximum atomic E-state index is 12.3. The lowest BCUT2D eigenvalue weighted by Gasteiger charge is -2.22. The highest BCUT2D eigenvalue weighted by Crippen LogP contribution is 2.21. The van der Waals surface area contributed by atoms with Crippen LogP contribution < -0.4 is 10.1 Å². The zero-order chi connectivity index (χ0) is 25.9. The van der Waals surface area contributed by atoms with Crippen molar-refractivity contribution in [2.24, 2.45) is 11.1 Å². The van der Waals surface area contributed by atoms with Crippen LogP contribution in [0.5, 0.6) is 5.75 Å². The molecule has 6 nitrogen and oxygen atoms in total. The number of benzene rings is 3. The van der Waals surface area contributed by atoms with Gasteiger partial charge in [0.1, 0.15) is 12.4 Å². The maximum Gasteiger partial charge on any atom is 0.257 e. The summed E-state index contributed by atoms with van der Waals surface area (Å²) in [5.41, 5.74) is 4.86. The normalized spacial score (nSPS) is 14.3. The summed E-state index contributed by atoms with van der Waals surface area (Å²) in [5.74, 6) is 1.07. The van der Waals surface area contributed by atoms with Gasteiger partial charge in [-0.2, -0.15) is 0 Å². The van der Waals surface area contributed by atoms with Gasteiger partial charge in [-0.05, 0) is 66.1 Å². The molecule has 1 aliphatic rings. The van der Waals surface area contributed by atoms with Crippen molar-refractivity contribution < 1.29 is 19.1 Å². The minimum Gasteiger partial charge on any atom is -0.484 e. The van der Waals surface area contributed by atoms with E-state index in [1.807, 2.05) is 73.7 Å². The molecule has 0 atom stereocenters. The Balaban J connectivity index is 1.34. The third-order valence-corrected chi connectivity index (χ3v) is 6.58. The molecule has 3 aromatic rings. The van der Waals surface area contributed by atoms with Crippen LogP contribution in [-0.2, 0) is 27.4 Å². The van der Waals surface area contributed by atoms with E-state index >= 15 is 0 Å². The molecule has 3 aromatic carbocycles. The van der Waals surface area contributed by atoms with Crippen LogP contribution in [0.25, 0.3) is 0 Å². The van der Waals surface area contributed by atoms with Gasteiger partial charge in [0.15, 0.2) is 6.61 Å². The molecule has 0 saturated carbocycles. The van der Waals surface area contributed by atoms with Crippen molar-refractivity contribution >= 4 is 23.2 Å². The third kappa shape index (κ3) is 8.62. The fraction of sp³-hybridized carbons (Fsp3) is 0.333. The largest absolute Gasteiger partial charge is 0.484 e. The van der Waals surface area contributed by atoms with Crippen LogP contribution in [0.4, 0.5) is 0 Å².